The van der Waals surface area contributed by atoms with Crippen LogP contribution in [0.5, 0.6) is 0 Å². The number of aromatic nitrogens is 1. The van der Waals surface area contributed by atoms with E-state index in [-0.39, 0.29) is 0 Å². The van der Waals surface area contributed by atoms with E-state index in [0.717, 1.165) is 5.56 Å². The first-order valence-corrected chi connectivity index (χ1v) is 5.41. The Balaban J connectivity index is 2.37. The highest BCUT2D eigenvalue weighted by Crippen LogP contribution is 2.27. The zero-order valence-electron chi connectivity index (χ0n) is 7.22. The second-order valence-electron chi connectivity index (χ2n) is 2.84. The maximum Gasteiger partial charge on any atom is 0.135 e. The van der Waals surface area contributed by atoms with Crippen molar-refractivity contribution in [1.29, 1.82) is 0 Å². The molecule has 2 nitrogen and oxygen atoms in total. The van der Waals surface area contributed by atoms with Crippen LogP contribution in [0.25, 0.3) is 0 Å². The first-order chi connectivity index (χ1) is 6.79. The van der Waals surface area contributed by atoms with Crippen molar-refractivity contribution in [3.05, 3.63) is 51.4 Å². The lowest BCUT2D eigenvalue weighted by atomic mass is 10.1. The molecule has 0 aliphatic carbocycles. The Morgan fingerprint density at radius 3 is 2.93 bits per heavy atom. The molecule has 1 N–H and O–H groups in total. The van der Waals surface area contributed by atoms with E-state index < -0.39 is 6.10 Å². The van der Waals surface area contributed by atoms with E-state index in [0.29, 0.717) is 10.7 Å². The topological polar surface area (TPSA) is 33.1 Å². The maximum atomic E-state index is 9.94. The largest absolute Gasteiger partial charge is 0.384 e. The fourth-order valence-corrected chi connectivity index (χ4v) is 2.11. The number of hydrogen-bond acceptors (Lipinski definition) is 3. The van der Waals surface area contributed by atoms with Gasteiger partial charge < -0.3 is 5.11 Å². The minimum Gasteiger partial charge on any atom is -0.384 e. The molecule has 72 valence electrons. The molecular weight excluding hydrogens is 218 g/mol. The molecular formula is C10H8ClNOS. The van der Waals surface area contributed by atoms with Gasteiger partial charge >= 0.3 is 0 Å². The van der Waals surface area contributed by atoms with Crippen molar-refractivity contribution in [1.82, 2.24) is 4.98 Å². The molecule has 1 atom stereocenters. The monoisotopic (exact) mass is 225 g/mol. The van der Waals surface area contributed by atoms with Crippen LogP contribution >= 0.6 is 22.9 Å². The van der Waals surface area contributed by atoms with Crippen LogP contribution in [0, 0.1) is 0 Å². The first-order valence-electron chi connectivity index (χ1n) is 4.09. The molecule has 1 unspecified atom stereocenters. The molecule has 0 fully saturated rings. The van der Waals surface area contributed by atoms with Crippen molar-refractivity contribution in [3.8, 4) is 0 Å². The van der Waals surface area contributed by atoms with Crippen LogP contribution in [0.4, 0.5) is 0 Å². The number of hydrogen-bond donors (Lipinski definition) is 1. The predicted molar refractivity (Wildman–Crippen MR) is 57.6 cm³/mol. The van der Waals surface area contributed by atoms with Crippen molar-refractivity contribution >= 4 is 22.9 Å². The molecule has 2 heterocycles. The van der Waals surface area contributed by atoms with Gasteiger partial charge in [-0.1, -0.05) is 17.7 Å². The summed E-state index contributed by atoms with van der Waals surface area (Å²) in [6, 6.07) is 5.41. The Morgan fingerprint density at radius 2 is 2.29 bits per heavy atom. The number of aliphatic hydroxyl groups excluding tert-OH is 1. The molecule has 0 spiro atoms. The lowest BCUT2D eigenvalue weighted by Gasteiger charge is -2.09. The van der Waals surface area contributed by atoms with Crippen molar-refractivity contribution in [2.75, 3.05) is 0 Å². The third-order valence-corrected chi connectivity index (χ3v) is 2.96. The molecule has 0 radical (unpaired) electrons. The van der Waals surface area contributed by atoms with E-state index in [2.05, 4.69) is 4.98 Å². The molecule has 2 aromatic rings. The minimum atomic E-state index is -0.678. The lowest BCUT2D eigenvalue weighted by molar-refractivity contribution is 0.220. The van der Waals surface area contributed by atoms with Crippen molar-refractivity contribution in [2.24, 2.45) is 0 Å². The SMILES string of the molecule is OC(c1ccsc1)c1cccnc1Cl. The van der Waals surface area contributed by atoms with Gasteiger partial charge in [-0.3, -0.25) is 0 Å². The fourth-order valence-electron chi connectivity index (χ4n) is 1.21. The number of pyridine rings is 1. The average molecular weight is 226 g/mol. The van der Waals surface area contributed by atoms with Gasteiger partial charge in [-0.2, -0.15) is 11.3 Å². The van der Waals surface area contributed by atoms with Crippen molar-refractivity contribution in [2.45, 2.75) is 6.10 Å². The van der Waals surface area contributed by atoms with E-state index in [1.54, 1.807) is 29.7 Å². The fraction of sp³-hybridized carbons (Fsp3) is 0.100. The molecule has 0 amide bonds. The first kappa shape index (κ1) is 9.65. The highest BCUT2D eigenvalue weighted by atomic mass is 35.5. The van der Waals surface area contributed by atoms with E-state index in [9.17, 15) is 5.11 Å². The molecule has 0 aliphatic rings. The third-order valence-electron chi connectivity index (χ3n) is 1.94. The van der Waals surface area contributed by atoms with Crippen molar-refractivity contribution < 1.29 is 5.11 Å². The quantitative estimate of drug-likeness (QED) is 0.798. The Bertz CT molecular complexity index is 416. The number of rotatable bonds is 2. The molecule has 0 aliphatic heterocycles. The molecule has 2 aromatic heterocycles. The zero-order chi connectivity index (χ0) is 9.97. The second kappa shape index (κ2) is 4.09. The smallest absolute Gasteiger partial charge is 0.135 e. The summed E-state index contributed by atoms with van der Waals surface area (Å²) in [5, 5.41) is 14.1. The lowest BCUT2D eigenvalue weighted by Crippen LogP contribution is -1.99. The summed E-state index contributed by atoms with van der Waals surface area (Å²) in [6.07, 6.45) is 0.925. The Morgan fingerprint density at radius 1 is 1.43 bits per heavy atom. The second-order valence-corrected chi connectivity index (χ2v) is 3.98. The van der Waals surface area contributed by atoms with Crippen LogP contribution in [-0.2, 0) is 0 Å². The number of halogens is 1. The Kier molecular flexibility index (Phi) is 2.82. The summed E-state index contributed by atoms with van der Waals surface area (Å²) >= 11 is 7.41. The number of thiophene rings is 1. The summed E-state index contributed by atoms with van der Waals surface area (Å²) in [5.41, 5.74) is 1.50. The van der Waals surface area contributed by atoms with Gasteiger partial charge in [0, 0.05) is 11.8 Å². The van der Waals surface area contributed by atoms with Crippen LogP contribution in [0.3, 0.4) is 0 Å². The van der Waals surface area contributed by atoms with Gasteiger partial charge in [0.15, 0.2) is 0 Å². The normalized spacial score (nSPS) is 12.7. The van der Waals surface area contributed by atoms with Crippen LogP contribution in [0.2, 0.25) is 5.15 Å². The van der Waals surface area contributed by atoms with Gasteiger partial charge in [0.25, 0.3) is 0 Å². The van der Waals surface area contributed by atoms with Gasteiger partial charge in [-0.05, 0) is 28.5 Å². The highest BCUT2D eigenvalue weighted by Gasteiger charge is 2.13. The van der Waals surface area contributed by atoms with Crippen LogP contribution < -0.4 is 0 Å². The molecule has 0 bridgehead atoms. The van der Waals surface area contributed by atoms with Crippen molar-refractivity contribution in [3.63, 3.8) is 0 Å². The van der Waals surface area contributed by atoms with E-state index >= 15 is 0 Å². The van der Waals surface area contributed by atoms with Gasteiger partial charge in [0.2, 0.25) is 0 Å². The molecule has 14 heavy (non-hydrogen) atoms. The maximum absolute atomic E-state index is 9.94. The van der Waals surface area contributed by atoms with E-state index in [1.165, 1.54) is 0 Å². The third kappa shape index (κ3) is 1.80. The Hall–Kier alpha value is -0.900. The summed E-state index contributed by atoms with van der Waals surface area (Å²) < 4.78 is 0. The Labute approximate surface area is 90.8 Å². The number of nitrogens with zero attached hydrogens (tertiary/aromatic N) is 1. The van der Waals surface area contributed by atoms with E-state index in [4.69, 9.17) is 11.6 Å². The van der Waals surface area contributed by atoms with Gasteiger partial charge in [-0.15, -0.1) is 0 Å². The summed E-state index contributed by atoms with van der Waals surface area (Å²) in [7, 11) is 0. The van der Waals surface area contributed by atoms with Gasteiger partial charge in [-0.25, -0.2) is 4.98 Å². The van der Waals surface area contributed by atoms with Gasteiger partial charge in [0.05, 0.1) is 0 Å². The summed E-state index contributed by atoms with van der Waals surface area (Å²) in [4.78, 5) is 3.92. The summed E-state index contributed by atoms with van der Waals surface area (Å²) in [6.45, 7) is 0. The van der Waals surface area contributed by atoms with Gasteiger partial charge in [0.1, 0.15) is 11.3 Å². The minimum absolute atomic E-state index is 0.353. The van der Waals surface area contributed by atoms with Crippen LogP contribution in [0.1, 0.15) is 17.2 Å². The predicted octanol–water partition coefficient (Wildman–Crippen LogP) is 2.88. The molecule has 4 heteroatoms. The zero-order valence-corrected chi connectivity index (χ0v) is 8.79. The molecule has 0 saturated carbocycles. The molecule has 2 rings (SSSR count). The van der Waals surface area contributed by atoms with E-state index in [1.807, 2.05) is 16.8 Å². The standard InChI is InChI=1S/C10H8ClNOS/c11-10-8(2-1-4-12-10)9(13)7-3-5-14-6-7/h1-6,9,13H. The highest BCUT2D eigenvalue weighted by molar-refractivity contribution is 7.07. The van der Waals surface area contributed by atoms with Crippen LogP contribution in [-0.4, -0.2) is 10.1 Å². The summed E-state index contributed by atoms with van der Waals surface area (Å²) in [5.74, 6) is 0. The van der Waals surface area contributed by atoms with Crippen LogP contribution in [0.15, 0.2) is 35.2 Å². The molecule has 0 aromatic carbocycles. The number of aliphatic hydroxyl groups is 1. The average Bonchev–Trinajstić information content (AvgIpc) is 2.70. The molecule has 0 saturated heterocycles.